The van der Waals surface area contributed by atoms with Crippen molar-refractivity contribution in [3.05, 3.63) is 95.1 Å². The highest BCUT2D eigenvalue weighted by Gasteiger charge is 2.15. The van der Waals surface area contributed by atoms with E-state index in [1.807, 2.05) is 49.6 Å². The van der Waals surface area contributed by atoms with Crippen molar-refractivity contribution < 1.29 is 0 Å². The number of unbranched alkanes of at least 4 members (excludes halogenated alkanes) is 13. The number of aromatic nitrogens is 24. The lowest BCUT2D eigenvalue weighted by Crippen LogP contribution is -2.10. The van der Waals surface area contributed by atoms with Gasteiger partial charge in [0.2, 0.25) is 0 Å². The number of nitrogens with zero attached hydrogens (tertiary/aromatic N) is 24. The van der Waals surface area contributed by atoms with Crippen molar-refractivity contribution in [1.29, 1.82) is 0 Å². The monoisotopic (exact) mass is 2000 g/mol. The van der Waals surface area contributed by atoms with Crippen LogP contribution in [0.3, 0.4) is 0 Å². The fraction of sp³-hybridized carbons (Fsp3) is 0.866. The molecule has 0 amide bonds. The summed E-state index contributed by atoms with van der Waals surface area (Å²) in [5.74, 6) is 12.5. The first kappa shape index (κ1) is 134. The molecule has 0 aliphatic carbocycles. The van der Waals surface area contributed by atoms with Gasteiger partial charge in [0.05, 0.1) is 95.1 Å². The summed E-state index contributed by atoms with van der Waals surface area (Å²) in [4.78, 5) is 0. The van der Waals surface area contributed by atoms with E-state index in [9.17, 15) is 0 Å². The molecule has 0 spiro atoms. The first-order valence-electron chi connectivity index (χ1n) is 59.2. The van der Waals surface area contributed by atoms with Gasteiger partial charge in [-0.05, 0) is 255 Å². The highest BCUT2D eigenvalue weighted by Crippen LogP contribution is 2.22. The largest absolute Gasteiger partial charge is 0.249 e. The second-order valence-corrected chi connectivity index (χ2v) is 48.7. The van der Waals surface area contributed by atoms with Crippen molar-refractivity contribution in [3.63, 3.8) is 0 Å². The molecule has 0 atom stereocenters. The summed E-state index contributed by atoms with van der Waals surface area (Å²) in [7, 11) is 0. The predicted molar refractivity (Wildman–Crippen MR) is 607 cm³/mol. The van der Waals surface area contributed by atoms with Crippen molar-refractivity contribution in [3.8, 4) is 0 Å². The van der Waals surface area contributed by atoms with E-state index in [1.165, 1.54) is 296 Å². The van der Waals surface area contributed by atoms with Gasteiger partial charge in [-0.15, -0.1) is 40.8 Å². The normalized spacial score (nSPS) is 11.7. The molecule has 8 aromatic heterocycles. The molecule has 24 heteroatoms. The fourth-order valence-corrected chi connectivity index (χ4v) is 16.9. The van der Waals surface area contributed by atoms with E-state index >= 15 is 0 Å². The molecule has 0 bridgehead atoms. The lowest BCUT2D eigenvalue weighted by atomic mass is 10.0. The number of hydrogen-bond acceptors (Lipinski definition) is 16. The van der Waals surface area contributed by atoms with Crippen molar-refractivity contribution in [1.82, 2.24) is 120 Å². The lowest BCUT2D eigenvalue weighted by molar-refractivity contribution is 0.452. The predicted octanol–water partition coefficient (Wildman–Crippen LogP) is 32.3. The van der Waals surface area contributed by atoms with Crippen LogP contribution in [0.1, 0.15) is 518 Å². The van der Waals surface area contributed by atoms with Gasteiger partial charge in [-0.2, -0.15) is 0 Å². The maximum absolute atomic E-state index is 4.21. The molecule has 0 aliphatic rings. The molecule has 826 valence electrons. The average molecular weight is 2000 g/mol. The molecule has 24 nitrogen and oxygen atoms in total. The van der Waals surface area contributed by atoms with Gasteiger partial charge in [-0.3, -0.25) is 0 Å². The van der Waals surface area contributed by atoms with Crippen LogP contribution in [0.5, 0.6) is 0 Å². The third-order valence-electron chi connectivity index (χ3n) is 26.2. The van der Waals surface area contributed by atoms with Crippen LogP contribution < -0.4 is 0 Å². The summed E-state index contributed by atoms with van der Waals surface area (Å²) in [5.41, 5.74) is 10.4. The Balaban J connectivity index is 0.000000818. The van der Waals surface area contributed by atoms with E-state index in [4.69, 9.17) is 0 Å². The second-order valence-electron chi connectivity index (χ2n) is 48.7. The molecule has 0 aliphatic heterocycles. The Hall–Kier alpha value is -6.88. The van der Waals surface area contributed by atoms with E-state index in [1.54, 1.807) is 0 Å². The summed E-state index contributed by atoms with van der Waals surface area (Å²) in [5, 5.41) is 65.8. The van der Waals surface area contributed by atoms with Gasteiger partial charge in [0.25, 0.3) is 0 Å². The van der Waals surface area contributed by atoms with Crippen LogP contribution in [0.2, 0.25) is 0 Å². The number of aryl methyl sites for hydroxylation is 15. The molecule has 0 radical (unpaired) electrons. The third-order valence-corrected chi connectivity index (χ3v) is 26.2. The minimum Gasteiger partial charge on any atom is -0.249 e. The lowest BCUT2D eigenvalue weighted by Gasteiger charge is -2.08. The van der Waals surface area contributed by atoms with Gasteiger partial charge in [0.1, 0.15) is 0 Å². The Bertz CT molecular complexity index is 3820. The Morgan fingerprint density at radius 3 is 0.538 bits per heavy atom. The average Bonchev–Trinajstić information content (AvgIpc) is 1.73. The van der Waals surface area contributed by atoms with E-state index in [-0.39, 0.29) is 0 Å². The Kier molecular flexibility index (Phi) is 80.7. The van der Waals surface area contributed by atoms with E-state index in [2.05, 4.69) is 342 Å². The molecule has 0 fully saturated rings. The molecule has 0 aromatic carbocycles. The molecule has 0 saturated heterocycles. The molecule has 8 aromatic rings. The van der Waals surface area contributed by atoms with Gasteiger partial charge in [0.15, 0.2) is 0 Å². The van der Waals surface area contributed by atoms with Crippen molar-refractivity contribution >= 4 is 0 Å². The van der Waals surface area contributed by atoms with E-state index in [0.29, 0.717) is 5.92 Å². The van der Waals surface area contributed by atoms with Crippen LogP contribution >= 0.6 is 0 Å². The molecule has 0 saturated carbocycles. The fourth-order valence-electron chi connectivity index (χ4n) is 16.9. The van der Waals surface area contributed by atoms with Crippen molar-refractivity contribution in [2.24, 2.45) is 94.7 Å². The van der Waals surface area contributed by atoms with E-state index in [0.717, 1.165) is 192 Å². The van der Waals surface area contributed by atoms with Gasteiger partial charge in [0, 0.05) is 52.4 Å². The van der Waals surface area contributed by atoms with Crippen LogP contribution in [0.4, 0.5) is 0 Å². The zero-order valence-corrected chi connectivity index (χ0v) is 99.5. The van der Waals surface area contributed by atoms with Crippen LogP contribution in [-0.2, 0) is 104 Å². The minimum absolute atomic E-state index is 0.635. The Morgan fingerprint density at radius 2 is 0.287 bits per heavy atom. The van der Waals surface area contributed by atoms with Gasteiger partial charge in [-0.1, -0.05) is 405 Å². The molecule has 8 heterocycles. The summed E-state index contributed by atoms with van der Waals surface area (Å²) in [6.45, 7) is 81.0. The standard InChI is InChI=1S/5C16H31N3.3C13H25N3/c1-14(2)9-5-6-11-16-13-17-18-19(16)12-8-7-10-15(3)4;1-14(2)9-6-5-7-12-19-16(13-17-18-19)11-8-10-15(3)4;1-14(2)9-6-5-7-11-16-13-17-18-19(16)12-8-10-15(3)4;1-14(2)9-7-5-6-8-12-19-16(13-17-18-19)11-10-15(3)4;1-14(2)9-7-5-6-8-10-16-13-17-18-19(16)12-11-15(3)4;1-11(2)6-5-9-16-13(10-14-15-16)8-7-12(3)4;1-11(2)6-5-7-13-10-14-15-16(13)9-8-12(3)4;1-11(2)7-5-6-8-13-9-14-15-16(13)10-12(3)4/h5*13-15H,5-12H2,1-4H3;2*10-12H,5-9H2,1-4H3;9,11-12H,5-8,10H2,1-4H3. The Labute approximate surface area is 880 Å². The highest BCUT2D eigenvalue weighted by atomic mass is 15.5. The second kappa shape index (κ2) is 86.0. The number of rotatable bonds is 71. The van der Waals surface area contributed by atoms with Gasteiger partial charge in [-0.25, -0.2) is 37.5 Å². The van der Waals surface area contributed by atoms with E-state index < -0.39 is 0 Å². The molecule has 0 unspecified atom stereocenters. The molecule has 8 rings (SSSR count). The molecule has 0 N–H and O–H groups in total. The zero-order chi connectivity index (χ0) is 106. The summed E-state index contributed by atoms with van der Waals surface area (Å²) >= 11 is 0. The van der Waals surface area contributed by atoms with Gasteiger partial charge >= 0.3 is 0 Å². The Morgan fingerprint density at radius 1 is 0.133 bits per heavy atom. The topological polar surface area (TPSA) is 246 Å². The maximum Gasteiger partial charge on any atom is 0.0725 e. The molecule has 143 heavy (non-hydrogen) atoms. The van der Waals surface area contributed by atoms with Crippen LogP contribution in [0.25, 0.3) is 0 Å². The smallest absolute Gasteiger partial charge is 0.0725 e. The zero-order valence-electron chi connectivity index (χ0n) is 99.5. The number of hydrogen-bond donors (Lipinski definition) is 0. The highest BCUT2D eigenvalue weighted by molar-refractivity contribution is 5.00. The first-order chi connectivity index (χ1) is 68.2. The SMILES string of the molecule is CC(C)CCCCCCc1cnnn1CCC(C)C.CC(C)CCCCCCn1nncc1CCC(C)C.CC(C)CCCCCc1cnnn1CCCC(C)C.CC(C)CCCCCn1nncc1CCCC(C)C.CC(C)CCCCc1cnnn1CC(C)C.CC(C)CCCCc1cnnn1CCCCC(C)C.CC(C)CCCc1cnnn1CCC(C)C.CC(C)CCCn1nncc1CCC(C)C. The van der Waals surface area contributed by atoms with Crippen LogP contribution in [0, 0.1) is 94.7 Å². The van der Waals surface area contributed by atoms with Crippen molar-refractivity contribution in [2.45, 2.75) is 576 Å². The molecular formula is C119H230N24. The van der Waals surface area contributed by atoms with Crippen LogP contribution in [-0.4, -0.2) is 120 Å². The summed E-state index contributed by atoms with van der Waals surface area (Å²) in [6.07, 6.45) is 74.8. The first-order valence-corrected chi connectivity index (χ1v) is 59.2. The summed E-state index contributed by atoms with van der Waals surface area (Å²) < 4.78 is 16.7. The van der Waals surface area contributed by atoms with Crippen molar-refractivity contribution in [2.75, 3.05) is 0 Å². The van der Waals surface area contributed by atoms with Crippen LogP contribution in [0.15, 0.2) is 49.6 Å². The van der Waals surface area contributed by atoms with Gasteiger partial charge < -0.3 is 0 Å². The molecular weight excluding hydrogens is 1770 g/mol. The summed E-state index contributed by atoms with van der Waals surface area (Å²) in [6, 6.07) is 0. The third kappa shape index (κ3) is 77.2. The quantitative estimate of drug-likeness (QED) is 0.0322. The minimum atomic E-state index is 0.635. The maximum atomic E-state index is 4.21.